The fourth-order valence-electron chi connectivity index (χ4n) is 2.15. The number of para-hydroxylation sites is 1. The van der Waals surface area contributed by atoms with Gasteiger partial charge in [0.15, 0.2) is 17.6 Å². The number of halogens is 1. The number of nitrogens with one attached hydrogen (secondary N) is 1. The number of hydrogen-bond donors (Lipinski definition) is 1. The number of methoxy groups -OCH3 is 2. The Morgan fingerprint density at radius 1 is 1.12 bits per heavy atom. The van der Waals surface area contributed by atoms with Gasteiger partial charge in [-0.2, -0.15) is 0 Å². The van der Waals surface area contributed by atoms with Gasteiger partial charge in [0.05, 0.1) is 19.9 Å². The first-order valence-corrected chi connectivity index (χ1v) is 7.41. The molecule has 0 aliphatic heterocycles. The van der Waals surface area contributed by atoms with Crippen LogP contribution in [0.1, 0.15) is 12.5 Å². The molecule has 6 heteroatoms. The summed E-state index contributed by atoms with van der Waals surface area (Å²) >= 11 is 0. The number of ether oxygens (including phenoxy) is 3. The summed E-state index contributed by atoms with van der Waals surface area (Å²) in [7, 11) is 3.01. The maximum Gasteiger partial charge on any atom is 0.265 e. The van der Waals surface area contributed by atoms with Crippen LogP contribution in [0.4, 0.5) is 10.1 Å². The first-order chi connectivity index (χ1) is 11.5. The van der Waals surface area contributed by atoms with Crippen LogP contribution in [0.15, 0.2) is 36.4 Å². The zero-order valence-corrected chi connectivity index (χ0v) is 14.1. The van der Waals surface area contributed by atoms with Crippen molar-refractivity contribution in [1.82, 2.24) is 0 Å². The predicted octanol–water partition coefficient (Wildman–Crippen LogP) is 3.56. The molecule has 5 nitrogen and oxygen atoms in total. The van der Waals surface area contributed by atoms with E-state index in [4.69, 9.17) is 14.2 Å². The third-order valence-corrected chi connectivity index (χ3v) is 3.40. The summed E-state index contributed by atoms with van der Waals surface area (Å²) < 4.78 is 29.9. The maximum absolute atomic E-state index is 13.6. The molecule has 0 saturated carbocycles. The van der Waals surface area contributed by atoms with E-state index in [0.29, 0.717) is 17.2 Å². The van der Waals surface area contributed by atoms with E-state index in [1.165, 1.54) is 26.4 Å². The molecule has 0 saturated heterocycles. The summed E-state index contributed by atoms with van der Waals surface area (Å²) in [4.78, 5) is 12.3. The Morgan fingerprint density at radius 2 is 1.71 bits per heavy atom. The van der Waals surface area contributed by atoms with Gasteiger partial charge in [0, 0.05) is 0 Å². The number of carbonyl (C=O) groups is 1. The summed E-state index contributed by atoms with van der Waals surface area (Å²) in [6.07, 6.45) is -0.880. The summed E-state index contributed by atoms with van der Waals surface area (Å²) in [5.41, 5.74) is 1.03. The minimum absolute atomic E-state index is 0.0980. The van der Waals surface area contributed by atoms with E-state index in [1.807, 2.05) is 6.92 Å². The average molecular weight is 333 g/mol. The molecule has 0 spiro atoms. The van der Waals surface area contributed by atoms with Crippen molar-refractivity contribution >= 4 is 11.6 Å². The molecule has 1 amide bonds. The molecule has 0 aliphatic carbocycles. The number of anilines is 1. The van der Waals surface area contributed by atoms with Crippen LogP contribution in [0, 0.1) is 12.7 Å². The van der Waals surface area contributed by atoms with E-state index in [0.717, 1.165) is 5.56 Å². The predicted molar refractivity (Wildman–Crippen MR) is 89.4 cm³/mol. The molecule has 0 unspecified atom stereocenters. The van der Waals surface area contributed by atoms with Crippen LogP contribution in [0.2, 0.25) is 0 Å². The lowest BCUT2D eigenvalue weighted by Crippen LogP contribution is -2.30. The molecule has 0 bridgehead atoms. The lowest BCUT2D eigenvalue weighted by molar-refractivity contribution is -0.122. The molecule has 2 aromatic rings. The number of hydrogen-bond acceptors (Lipinski definition) is 4. The van der Waals surface area contributed by atoms with Gasteiger partial charge in [-0.05, 0) is 43.7 Å². The van der Waals surface area contributed by atoms with Crippen LogP contribution >= 0.6 is 0 Å². The molecule has 0 fully saturated rings. The lowest BCUT2D eigenvalue weighted by atomic mass is 10.2. The molecule has 1 N–H and O–H groups in total. The van der Waals surface area contributed by atoms with Crippen molar-refractivity contribution in [3.8, 4) is 17.2 Å². The molecule has 24 heavy (non-hydrogen) atoms. The molecule has 2 rings (SSSR count). The summed E-state index contributed by atoms with van der Waals surface area (Å²) in [5, 5.41) is 2.50. The van der Waals surface area contributed by atoms with Crippen molar-refractivity contribution < 1.29 is 23.4 Å². The Kier molecular flexibility index (Phi) is 5.63. The van der Waals surface area contributed by atoms with E-state index in [9.17, 15) is 9.18 Å². The molecule has 0 aromatic heterocycles. The van der Waals surface area contributed by atoms with Gasteiger partial charge >= 0.3 is 0 Å². The Balaban J connectivity index is 2.18. The SMILES string of the molecule is COc1cc(C)cc(OC)c1O[C@@H](C)C(=O)Nc1ccccc1F. The monoisotopic (exact) mass is 333 g/mol. The molecular formula is C18H20FNO4. The highest BCUT2D eigenvalue weighted by atomic mass is 19.1. The largest absolute Gasteiger partial charge is 0.493 e. The molecule has 0 aliphatic rings. The van der Waals surface area contributed by atoms with Crippen LogP contribution in [-0.2, 0) is 4.79 Å². The number of amides is 1. The standard InChI is InChI=1S/C18H20FNO4/c1-11-9-15(22-3)17(16(10-11)23-4)24-12(2)18(21)20-14-8-6-5-7-13(14)19/h5-10,12H,1-4H3,(H,20,21)/t12-/m0/s1. The number of carbonyl (C=O) groups excluding carboxylic acids is 1. The second-order valence-corrected chi connectivity index (χ2v) is 5.23. The fraction of sp³-hybridized carbons (Fsp3) is 0.278. The van der Waals surface area contributed by atoms with E-state index < -0.39 is 17.8 Å². The van der Waals surface area contributed by atoms with Crippen LogP contribution in [-0.4, -0.2) is 26.2 Å². The van der Waals surface area contributed by atoms with E-state index in [2.05, 4.69) is 5.32 Å². The van der Waals surface area contributed by atoms with Gasteiger partial charge in [0.2, 0.25) is 5.75 Å². The molecule has 128 valence electrons. The van der Waals surface area contributed by atoms with Gasteiger partial charge < -0.3 is 19.5 Å². The smallest absolute Gasteiger partial charge is 0.265 e. The Labute approximate surface area is 140 Å². The van der Waals surface area contributed by atoms with Crippen molar-refractivity contribution in [2.24, 2.45) is 0 Å². The van der Waals surface area contributed by atoms with Gasteiger partial charge in [0.1, 0.15) is 5.82 Å². The molecular weight excluding hydrogens is 313 g/mol. The first kappa shape index (κ1) is 17.6. The van der Waals surface area contributed by atoms with Crippen LogP contribution < -0.4 is 19.5 Å². The average Bonchev–Trinajstić information content (AvgIpc) is 2.57. The Hall–Kier alpha value is -2.76. The summed E-state index contributed by atoms with van der Waals surface area (Å²) in [5.74, 6) is 0.241. The van der Waals surface area contributed by atoms with Gasteiger partial charge in [-0.15, -0.1) is 0 Å². The van der Waals surface area contributed by atoms with Crippen LogP contribution in [0.3, 0.4) is 0 Å². The quantitative estimate of drug-likeness (QED) is 0.878. The minimum Gasteiger partial charge on any atom is -0.493 e. The van der Waals surface area contributed by atoms with Crippen molar-refractivity contribution in [2.75, 3.05) is 19.5 Å². The van der Waals surface area contributed by atoms with Gasteiger partial charge in [-0.3, -0.25) is 4.79 Å². The lowest BCUT2D eigenvalue weighted by Gasteiger charge is -2.19. The van der Waals surface area contributed by atoms with Crippen molar-refractivity contribution in [3.63, 3.8) is 0 Å². The zero-order chi connectivity index (χ0) is 17.7. The first-order valence-electron chi connectivity index (χ1n) is 7.41. The van der Waals surface area contributed by atoms with Crippen LogP contribution in [0.5, 0.6) is 17.2 Å². The normalized spacial score (nSPS) is 11.5. The van der Waals surface area contributed by atoms with E-state index in [1.54, 1.807) is 31.2 Å². The Morgan fingerprint density at radius 3 is 2.25 bits per heavy atom. The second-order valence-electron chi connectivity index (χ2n) is 5.23. The summed E-state index contributed by atoms with van der Waals surface area (Å²) in [6, 6.07) is 9.49. The maximum atomic E-state index is 13.6. The van der Waals surface area contributed by atoms with Crippen molar-refractivity contribution in [3.05, 3.63) is 47.8 Å². The molecule has 0 radical (unpaired) electrons. The fourth-order valence-corrected chi connectivity index (χ4v) is 2.15. The van der Waals surface area contributed by atoms with E-state index in [-0.39, 0.29) is 5.69 Å². The third kappa shape index (κ3) is 3.95. The van der Waals surface area contributed by atoms with Gasteiger partial charge in [-0.25, -0.2) is 4.39 Å². The van der Waals surface area contributed by atoms with Crippen LogP contribution in [0.25, 0.3) is 0 Å². The number of benzene rings is 2. The highest BCUT2D eigenvalue weighted by Gasteiger charge is 2.21. The van der Waals surface area contributed by atoms with E-state index >= 15 is 0 Å². The number of aryl methyl sites for hydroxylation is 1. The van der Waals surface area contributed by atoms with Crippen molar-refractivity contribution in [1.29, 1.82) is 0 Å². The third-order valence-electron chi connectivity index (χ3n) is 3.40. The molecule has 0 heterocycles. The second kappa shape index (κ2) is 7.68. The van der Waals surface area contributed by atoms with Gasteiger partial charge in [-0.1, -0.05) is 12.1 Å². The highest BCUT2D eigenvalue weighted by molar-refractivity contribution is 5.94. The topological polar surface area (TPSA) is 56.8 Å². The Bertz CT molecular complexity index is 708. The zero-order valence-electron chi connectivity index (χ0n) is 14.1. The highest BCUT2D eigenvalue weighted by Crippen LogP contribution is 2.39. The van der Waals surface area contributed by atoms with Crippen molar-refractivity contribution in [2.45, 2.75) is 20.0 Å². The summed E-state index contributed by atoms with van der Waals surface area (Å²) in [6.45, 7) is 3.46. The molecule has 1 atom stereocenters. The minimum atomic E-state index is -0.880. The number of rotatable bonds is 6. The van der Waals surface area contributed by atoms with Gasteiger partial charge in [0.25, 0.3) is 5.91 Å². The molecule has 2 aromatic carbocycles.